The number of ether oxygens (including phenoxy) is 1. The second-order valence-corrected chi connectivity index (χ2v) is 4.20. The van der Waals surface area contributed by atoms with Crippen molar-refractivity contribution in [3.63, 3.8) is 0 Å². The summed E-state index contributed by atoms with van der Waals surface area (Å²) >= 11 is 0. The van der Waals surface area contributed by atoms with Gasteiger partial charge in [0.1, 0.15) is 11.4 Å². The van der Waals surface area contributed by atoms with Gasteiger partial charge in [-0.25, -0.2) is 4.68 Å². The van der Waals surface area contributed by atoms with E-state index < -0.39 is 0 Å². The number of nitrogens with zero attached hydrogens (tertiary/aromatic N) is 3. The first kappa shape index (κ1) is 10.1. The largest absolute Gasteiger partial charge is 0.496 e. The van der Waals surface area contributed by atoms with Crippen LogP contribution >= 0.6 is 0 Å². The van der Waals surface area contributed by atoms with Crippen molar-refractivity contribution in [1.82, 2.24) is 15.0 Å². The van der Waals surface area contributed by atoms with Crippen LogP contribution < -0.4 is 10.5 Å². The number of nitrogen functional groups attached to an aromatic ring is 1. The van der Waals surface area contributed by atoms with E-state index in [9.17, 15) is 0 Å². The fourth-order valence-electron chi connectivity index (χ4n) is 1.92. The van der Waals surface area contributed by atoms with E-state index in [-0.39, 0.29) is 0 Å². The van der Waals surface area contributed by atoms with Crippen LogP contribution in [-0.4, -0.2) is 22.1 Å². The Balaban J connectivity index is 2.08. The summed E-state index contributed by atoms with van der Waals surface area (Å²) in [5.74, 6) is 1.39. The molecule has 0 saturated heterocycles. The highest BCUT2D eigenvalue weighted by molar-refractivity contribution is 5.75. The summed E-state index contributed by atoms with van der Waals surface area (Å²) < 4.78 is 7.11. The maximum atomic E-state index is 6.08. The highest BCUT2D eigenvalue weighted by Gasteiger charge is 2.28. The van der Waals surface area contributed by atoms with E-state index in [1.165, 1.54) is 0 Å². The van der Waals surface area contributed by atoms with E-state index in [2.05, 4.69) is 10.3 Å². The van der Waals surface area contributed by atoms with Gasteiger partial charge in [-0.1, -0.05) is 17.3 Å². The van der Waals surface area contributed by atoms with E-state index in [1.807, 2.05) is 28.9 Å². The Morgan fingerprint density at radius 2 is 2.12 bits per heavy atom. The minimum absolute atomic E-state index is 0.436. The second-order valence-electron chi connectivity index (χ2n) is 4.20. The lowest BCUT2D eigenvalue weighted by molar-refractivity contribution is 0.416. The molecule has 5 nitrogen and oxygen atoms in total. The van der Waals surface area contributed by atoms with Gasteiger partial charge in [-0.3, -0.25) is 0 Å². The minimum Gasteiger partial charge on any atom is -0.496 e. The fourth-order valence-corrected chi connectivity index (χ4v) is 1.92. The molecule has 2 aromatic rings. The minimum atomic E-state index is 0.436. The van der Waals surface area contributed by atoms with Gasteiger partial charge in [0.2, 0.25) is 0 Å². The monoisotopic (exact) mass is 230 g/mol. The van der Waals surface area contributed by atoms with Gasteiger partial charge in [-0.15, -0.1) is 5.10 Å². The van der Waals surface area contributed by atoms with E-state index in [0.29, 0.717) is 17.6 Å². The Labute approximate surface area is 99.2 Å². The number of aromatic nitrogens is 3. The molecule has 3 rings (SSSR count). The van der Waals surface area contributed by atoms with Crippen molar-refractivity contribution in [1.29, 1.82) is 0 Å². The third kappa shape index (κ3) is 1.63. The average molecular weight is 230 g/mol. The van der Waals surface area contributed by atoms with Crippen LogP contribution in [0.4, 0.5) is 5.82 Å². The summed E-state index contributed by atoms with van der Waals surface area (Å²) in [6.45, 7) is 0. The standard InChI is InChI=1S/C12H14N4O/c1-17-10-5-3-2-4-9(10)11-12(13)16(15-14-11)8-6-7-8/h2-5,8H,6-7,13H2,1H3. The molecule has 5 heteroatoms. The van der Waals surface area contributed by atoms with Crippen molar-refractivity contribution >= 4 is 5.82 Å². The molecule has 1 heterocycles. The summed E-state index contributed by atoms with van der Waals surface area (Å²) in [7, 11) is 1.64. The Morgan fingerprint density at radius 1 is 1.35 bits per heavy atom. The molecule has 1 saturated carbocycles. The van der Waals surface area contributed by atoms with Gasteiger partial charge in [0.25, 0.3) is 0 Å². The molecule has 0 spiro atoms. The normalized spacial score (nSPS) is 14.9. The van der Waals surface area contributed by atoms with E-state index in [4.69, 9.17) is 10.5 Å². The van der Waals surface area contributed by atoms with Gasteiger partial charge < -0.3 is 10.5 Å². The van der Waals surface area contributed by atoms with E-state index >= 15 is 0 Å². The van der Waals surface area contributed by atoms with Gasteiger partial charge in [-0.2, -0.15) is 0 Å². The average Bonchev–Trinajstić information content (AvgIpc) is 3.13. The van der Waals surface area contributed by atoms with Gasteiger partial charge >= 0.3 is 0 Å². The summed E-state index contributed by atoms with van der Waals surface area (Å²) in [6, 6.07) is 8.13. The van der Waals surface area contributed by atoms with Gasteiger partial charge in [0.15, 0.2) is 5.82 Å². The Hall–Kier alpha value is -2.04. The number of hydrogen-bond acceptors (Lipinski definition) is 4. The van der Waals surface area contributed by atoms with Crippen molar-refractivity contribution in [3.05, 3.63) is 24.3 Å². The zero-order valence-corrected chi connectivity index (χ0v) is 9.63. The predicted octanol–water partition coefficient (Wildman–Crippen LogP) is 1.87. The van der Waals surface area contributed by atoms with Crippen molar-refractivity contribution in [3.8, 4) is 17.0 Å². The quantitative estimate of drug-likeness (QED) is 0.874. The maximum Gasteiger partial charge on any atom is 0.150 e. The van der Waals surface area contributed by atoms with Crippen LogP contribution in [0.3, 0.4) is 0 Å². The number of para-hydroxylation sites is 1. The molecule has 1 aromatic carbocycles. The molecule has 2 N–H and O–H groups in total. The number of rotatable bonds is 3. The first-order valence-corrected chi connectivity index (χ1v) is 5.65. The van der Waals surface area contributed by atoms with E-state index in [0.717, 1.165) is 24.2 Å². The molecular formula is C12H14N4O. The Morgan fingerprint density at radius 3 is 2.82 bits per heavy atom. The zero-order valence-electron chi connectivity index (χ0n) is 9.63. The zero-order chi connectivity index (χ0) is 11.8. The SMILES string of the molecule is COc1ccccc1-c1nnn(C2CC2)c1N. The molecule has 0 atom stereocenters. The van der Waals surface area contributed by atoms with Gasteiger partial charge in [-0.05, 0) is 25.0 Å². The number of benzene rings is 1. The summed E-state index contributed by atoms with van der Waals surface area (Å²) in [4.78, 5) is 0. The topological polar surface area (TPSA) is 66.0 Å². The summed E-state index contributed by atoms with van der Waals surface area (Å²) in [5.41, 5.74) is 7.67. The first-order chi connectivity index (χ1) is 8.31. The number of anilines is 1. The molecule has 0 unspecified atom stereocenters. The smallest absolute Gasteiger partial charge is 0.150 e. The number of methoxy groups -OCH3 is 1. The molecule has 17 heavy (non-hydrogen) atoms. The van der Waals surface area contributed by atoms with Crippen LogP contribution in [0.15, 0.2) is 24.3 Å². The van der Waals surface area contributed by atoms with Crippen LogP contribution in [0.5, 0.6) is 5.75 Å². The van der Waals surface area contributed by atoms with E-state index in [1.54, 1.807) is 7.11 Å². The molecule has 1 fully saturated rings. The summed E-state index contributed by atoms with van der Waals surface area (Å²) in [5, 5.41) is 8.28. The lowest BCUT2D eigenvalue weighted by Gasteiger charge is -2.06. The maximum absolute atomic E-state index is 6.08. The lowest BCUT2D eigenvalue weighted by atomic mass is 10.1. The third-order valence-corrected chi connectivity index (χ3v) is 2.99. The first-order valence-electron chi connectivity index (χ1n) is 5.65. The van der Waals surface area contributed by atoms with Crippen LogP contribution in [0, 0.1) is 0 Å². The van der Waals surface area contributed by atoms with Crippen molar-refractivity contribution in [2.24, 2.45) is 0 Å². The van der Waals surface area contributed by atoms with Gasteiger partial charge in [0, 0.05) is 5.56 Å². The van der Waals surface area contributed by atoms with Crippen LogP contribution in [0.25, 0.3) is 11.3 Å². The van der Waals surface area contributed by atoms with Crippen molar-refractivity contribution in [2.45, 2.75) is 18.9 Å². The number of hydrogen-bond donors (Lipinski definition) is 1. The highest BCUT2D eigenvalue weighted by Crippen LogP contribution is 2.39. The molecule has 0 aliphatic heterocycles. The molecule has 88 valence electrons. The molecule has 1 aliphatic carbocycles. The number of nitrogens with two attached hydrogens (primary N) is 1. The predicted molar refractivity (Wildman–Crippen MR) is 64.7 cm³/mol. The fraction of sp³-hybridized carbons (Fsp3) is 0.333. The van der Waals surface area contributed by atoms with Gasteiger partial charge in [0.05, 0.1) is 13.2 Å². The van der Waals surface area contributed by atoms with Crippen molar-refractivity contribution in [2.75, 3.05) is 12.8 Å². The van der Waals surface area contributed by atoms with Crippen LogP contribution in [0.2, 0.25) is 0 Å². The molecule has 0 amide bonds. The Kier molecular flexibility index (Phi) is 2.24. The lowest BCUT2D eigenvalue weighted by Crippen LogP contribution is -2.02. The Bertz CT molecular complexity index is 545. The molecule has 1 aromatic heterocycles. The third-order valence-electron chi connectivity index (χ3n) is 2.99. The molecule has 0 bridgehead atoms. The highest BCUT2D eigenvalue weighted by atomic mass is 16.5. The summed E-state index contributed by atoms with van der Waals surface area (Å²) in [6.07, 6.45) is 2.28. The van der Waals surface area contributed by atoms with Crippen LogP contribution in [0.1, 0.15) is 18.9 Å². The molecule has 0 radical (unpaired) electrons. The molecular weight excluding hydrogens is 216 g/mol. The second kappa shape index (κ2) is 3.76. The van der Waals surface area contributed by atoms with Crippen LogP contribution in [-0.2, 0) is 0 Å². The van der Waals surface area contributed by atoms with Crippen molar-refractivity contribution < 1.29 is 4.74 Å². The molecule has 1 aliphatic rings.